The molecule has 0 aliphatic carbocycles. The number of fused-ring (bicyclic) bond motifs is 4. The molecule has 0 N–H and O–H groups in total. The number of halogens is 2. The van der Waals surface area contributed by atoms with Gasteiger partial charge in [0.15, 0.2) is 0 Å². The van der Waals surface area contributed by atoms with Gasteiger partial charge in [0.2, 0.25) is 0 Å². The van der Waals surface area contributed by atoms with Gasteiger partial charge >= 0.3 is 83.7 Å². The molecule has 14 aromatic rings. The van der Waals surface area contributed by atoms with Gasteiger partial charge in [0.25, 0.3) is 0 Å². The summed E-state index contributed by atoms with van der Waals surface area (Å²) < 4.78 is 11.0. The van der Waals surface area contributed by atoms with Gasteiger partial charge in [-0.15, -0.1) is 127 Å². The predicted molar refractivity (Wildman–Crippen MR) is 340 cm³/mol. The zero-order valence-corrected chi connectivity index (χ0v) is 55.6. The molecule has 0 fully saturated rings. The molecule has 0 radical (unpaired) electrons. The summed E-state index contributed by atoms with van der Waals surface area (Å²) in [5.41, 5.74) is 15.6. The van der Waals surface area contributed by atoms with Crippen LogP contribution in [-0.2, 0) is 46.7 Å². The molecule has 0 saturated carbocycles. The molecule has 0 unspecified atom stereocenters. The molecule has 0 saturated heterocycles. The van der Waals surface area contributed by atoms with Crippen molar-refractivity contribution >= 4 is 54.0 Å². The van der Waals surface area contributed by atoms with Crippen LogP contribution in [0.5, 0.6) is 0 Å². The van der Waals surface area contributed by atoms with Crippen LogP contribution in [0.25, 0.3) is 110 Å². The number of aryl methyl sites for hydroxylation is 2. The topological polar surface area (TPSA) is 26.3 Å². The SMILES string of the molecule is C[Si](C)=[Zr+2].C[Si](C)=[Zr+2].Cc1cc2c(-c3ccccc3)cccc2[cH-]1.Cc1cc2c(-c3ccccc3)cccc2[cH-]1.[Cl-].[Cl-].c1ccc(-c2cccc3[cH-]c(-c4ccco4)cc23)cc1.c1ccc(-c2cccc3[cH-]c(-c4ccco4)cc23)cc1. The summed E-state index contributed by atoms with van der Waals surface area (Å²) in [6.07, 6.45) is 3.43. The largest absolute Gasteiger partial charge is 1.00 e. The molecule has 0 bridgehead atoms. The molecule has 8 heteroatoms. The van der Waals surface area contributed by atoms with Crippen LogP contribution >= 0.6 is 0 Å². The van der Waals surface area contributed by atoms with Crippen LogP contribution in [0.4, 0.5) is 0 Å². The molecule has 0 aliphatic rings. The Labute approximate surface area is 526 Å². The number of furan rings is 2. The first-order chi connectivity index (χ1) is 39.0. The Bertz CT molecular complexity index is 3930. The third-order valence-corrected chi connectivity index (χ3v) is 13.2. The van der Waals surface area contributed by atoms with E-state index in [9.17, 15) is 0 Å². The predicted octanol–water partition coefficient (Wildman–Crippen LogP) is 15.6. The van der Waals surface area contributed by atoms with Crippen LogP contribution in [-0.4, -0.2) is 10.9 Å². The summed E-state index contributed by atoms with van der Waals surface area (Å²) in [5, 5.41) is 10.4. The van der Waals surface area contributed by atoms with Crippen LogP contribution < -0.4 is 24.8 Å². The summed E-state index contributed by atoms with van der Waals surface area (Å²) in [7, 11) is 0. The van der Waals surface area contributed by atoms with Gasteiger partial charge in [-0.25, -0.2) is 0 Å². The summed E-state index contributed by atoms with van der Waals surface area (Å²) in [5.74, 6) is 1.83. The first-order valence-corrected chi connectivity index (χ1v) is 39.4. The minimum atomic E-state index is 0. The Balaban J connectivity index is 0.000000150. The summed E-state index contributed by atoms with van der Waals surface area (Å²) in [6, 6.07) is 93.5. The van der Waals surface area contributed by atoms with Crippen LogP contribution in [0.15, 0.2) is 288 Å². The van der Waals surface area contributed by atoms with Gasteiger partial charge in [0.05, 0.1) is 24.0 Å². The van der Waals surface area contributed by atoms with Gasteiger partial charge in [0, 0.05) is 0 Å². The van der Waals surface area contributed by atoms with E-state index in [0.29, 0.717) is 0 Å². The van der Waals surface area contributed by atoms with Gasteiger partial charge in [-0.1, -0.05) is 217 Å². The van der Waals surface area contributed by atoms with Crippen molar-refractivity contribution in [2.24, 2.45) is 0 Å². The molecule has 82 heavy (non-hydrogen) atoms. The van der Waals surface area contributed by atoms with Gasteiger partial charge < -0.3 is 33.6 Å². The van der Waals surface area contributed by atoms with Crippen molar-refractivity contribution in [2.45, 2.75) is 40.0 Å². The van der Waals surface area contributed by atoms with E-state index in [4.69, 9.17) is 8.83 Å². The molecule has 12 aromatic carbocycles. The Morgan fingerprint density at radius 1 is 0.305 bits per heavy atom. The third kappa shape index (κ3) is 16.9. The minimum Gasteiger partial charge on any atom is -1.00 e. The van der Waals surface area contributed by atoms with Crippen molar-refractivity contribution in [3.05, 3.63) is 291 Å². The van der Waals surface area contributed by atoms with Gasteiger partial charge in [-0.2, -0.15) is 12.1 Å². The fraction of sp³-hybridized carbons (Fsp3) is 0.0811. The Hall–Kier alpha value is -6.46. The van der Waals surface area contributed by atoms with Crippen LogP contribution in [0.1, 0.15) is 11.1 Å². The third-order valence-electron chi connectivity index (χ3n) is 13.2. The quantitative estimate of drug-likeness (QED) is 0.123. The van der Waals surface area contributed by atoms with Crippen molar-refractivity contribution in [3.8, 4) is 67.2 Å². The average Bonchev–Trinajstić information content (AvgIpc) is 4.42. The second-order valence-electron chi connectivity index (χ2n) is 20.2. The van der Waals surface area contributed by atoms with Gasteiger partial charge in [0.1, 0.15) is 0 Å². The van der Waals surface area contributed by atoms with Crippen molar-refractivity contribution in [3.63, 3.8) is 0 Å². The summed E-state index contributed by atoms with van der Waals surface area (Å²) in [6.45, 7) is 13.5. The molecule has 2 heterocycles. The van der Waals surface area contributed by atoms with Crippen molar-refractivity contribution < 1.29 is 80.3 Å². The number of hydrogen-bond donors (Lipinski definition) is 0. The molecule has 2 aromatic heterocycles. The first-order valence-electron chi connectivity index (χ1n) is 27.0. The number of rotatable bonds is 6. The number of benzene rings is 8. The van der Waals surface area contributed by atoms with E-state index in [1.807, 2.05) is 36.4 Å². The van der Waals surface area contributed by atoms with E-state index in [1.165, 1.54) is 98.7 Å². The van der Waals surface area contributed by atoms with Crippen molar-refractivity contribution in [2.75, 3.05) is 0 Å². The van der Waals surface area contributed by atoms with Crippen LogP contribution in [0.2, 0.25) is 26.2 Å². The molecule has 0 spiro atoms. The monoisotopic (exact) mass is 1290 g/mol. The normalized spacial score (nSPS) is 10.3. The molecule has 404 valence electrons. The molecular weight excluding hydrogens is 1230 g/mol. The maximum atomic E-state index is 5.49. The van der Waals surface area contributed by atoms with Crippen LogP contribution in [0, 0.1) is 13.8 Å². The zero-order chi connectivity index (χ0) is 55.8. The molecule has 0 amide bonds. The van der Waals surface area contributed by atoms with Crippen molar-refractivity contribution in [1.29, 1.82) is 0 Å². The Morgan fingerprint density at radius 3 is 0.817 bits per heavy atom. The molecule has 2 nitrogen and oxygen atoms in total. The van der Waals surface area contributed by atoms with E-state index < -0.39 is 0 Å². The molecule has 0 atom stereocenters. The summed E-state index contributed by atoms with van der Waals surface area (Å²) in [4.78, 5) is 0. The van der Waals surface area contributed by atoms with E-state index in [2.05, 4.69) is 271 Å². The second kappa shape index (κ2) is 31.3. The minimum absolute atomic E-state index is 0. The van der Waals surface area contributed by atoms with Crippen molar-refractivity contribution in [1.82, 2.24) is 0 Å². The molecule has 0 aliphatic heterocycles. The Kier molecular flexibility index (Phi) is 24.1. The van der Waals surface area contributed by atoms with E-state index >= 15 is 0 Å². The maximum absolute atomic E-state index is 5.49. The average molecular weight is 1290 g/mol. The van der Waals surface area contributed by atoms with E-state index in [1.54, 1.807) is 59.2 Å². The zero-order valence-electron chi connectivity index (χ0n) is 47.1. The van der Waals surface area contributed by atoms with Crippen LogP contribution in [0.3, 0.4) is 0 Å². The second-order valence-corrected chi connectivity index (χ2v) is 39.0. The maximum Gasteiger partial charge on any atom is 0.0796 e. The standard InChI is InChI=1S/2C19H13O.2C16H13.2C2H6Si.2ClH.2Zr/c2*1-2-6-14(7-3-1)17-9-4-8-15-12-16(13-18(15)17)19-10-5-11-20-19;2*1-12-10-14-8-5-9-15(16(14)11-12)13-6-3-2-4-7-13;2*1-3-2;;;;/h2*1-13H;2*2-11H,1H3;2*1-2H3;2*1H;;/q4*-1;;;;;2*+2/p-2. The fourth-order valence-corrected chi connectivity index (χ4v) is 9.89. The Morgan fingerprint density at radius 2 is 0.561 bits per heavy atom. The molecule has 14 rings (SSSR count). The van der Waals surface area contributed by atoms with E-state index in [0.717, 1.165) is 22.6 Å². The molecular formula is C74H64Cl2O2Si2Zr2-2. The summed E-state index contributed by atoms with van der Waals surface area (Å²) >= 11 is 3.48. The van der Waals surface area contributed by atoms with Gasteiger partial charge in [-0.05, 0) is 34.4 Å². The smallest absolute Gasteiger partial charge is 0.0796 e. The van der Waals surface area contributed by atoms with E-state index in [-0.39, 0.29) is 35.7 Å². The number of hydrogen-bond acceptors (Lipinski definition) is 2. The first kappa shape index (κ1) is 63.1. The fourth-order valence-electron chi connectivity index (χ4n) is 9.89. The van der Waals surface area contributed by atoms with Gasteiger partial charge in [-0.3, -0.25) is 0 Å².